The predicted molar refractivity (Wildman–Crippen MR) is 133 cm³/mol. The highest BCUT2D eigenvalue weighted by Crippen LogP contribution is 2.45. The first-order chi connectivity index (χ1) is 17.5. The van der Waals surface area contributed by atoms with E-state index < -0.39 is 5.82 Å². The maximum atomic E-state index is 15.2. The number of pyridine rings is 1. The van der Waals surface area contributed by atoms with Crippen molar-refractivity contribution >= 4 is 16.9 Å². The Bertz CT molecular complexity index is 1570. The molecule has 5 aromatic rings. The van der Waals surface area contributed by atoms with Gasteiger partial charge in [-0.25, -0.2) is 23.6 Å². The number of aryl methyl sites for hydroxylation is 1. The van der Waals surface area contributed by atoms with E-state index in [1.807, 2.05) is 6.92 Å². The lowest BCUT2D eigenvalue weighted by molar-refractivity contribution is -0.0395. The molecule has 1 N–H and O–H groups in total. The first-order valence-corrected chi connectivity index (χ1v) is 12.4. The van der Waals surface area contributed by atoms with Gasteiger partial charge >= 0.3 is 0 Å². The molecule has 0 aliphatic carbocycles. The van der Waals surface area contributed by atoms with Crippen LogP contribution in [0.15, 0.2) is 42.9 Å². The molecule has 1 unspecified atom stereocenters. The number of thiazole rings is 1. The van der Waals surface area contributed by atoms with Gasteiger partial charge in [-0.1, -0.05) is 6.07 Å². The molecule has 1 saturated heterocycles. The molecule has 6 rings (SSSR count). The van der Waals surface area contributed by atoms with Crippen molar-refractivity contribution in [1.29, 1.82) is 0 Å². The number of aromatic hydroxyl groups is 1. The van der Waals surface area contributed by atoms with Crippen molar-refractivity contribution in [3.8, 4) is 44.0 Å². The molecule has 0 spiro atoms. The number of fused-ring (bicyclic) bond motifs is 1. The van der Waals surface area contributed by atoms with Gasteiger partial charge in [0, 0.05) is 18.9 Å². The van der Waals surface area contributed by atoms with E-state index in [2.05, 4.69) is 10.1 Å². The maximum absolute atomic E-state index is 15.2. The highest BCUT2D eigenvalue weighted by atomic mass is 32.1. The number of benzene rings is 1. The third kappa shape index (κ3) is 3.80. The van der Waals surface area contributed by atoms with Crippen LogP contribution in [0, 0.1) is 12.7 Å². The monoisotopic (exact) mass is 506 g/mol. The first-order valence-electron chi connectivity index (χ1n) is 11.6. The largest absolute Gasteiger partial charge is 0.508 e. The molecule has 0 amide bonds. The Labute approximate surface area is 209 Å². The Morgan fingerprint density at radius 3 is 2.89 bits per heavy atom. The third-order valence-electron chi connectivity index (χ3n) is 6.23. The minimum Gasteiger partial charge on any atom is -0.508 e. The van der Waals surface area contributed by atoms with Gasteiger partial charge in [-0.15, -0.1) is 16.4 Å². The molecule has 1 aliphatic heterocycles. The quantitative estimate of drug-likeness (QED) is 0.348. The highest BCUT2D eigenvalue weighted by Gasteiger charge is 2.27. The summed E-state index contributed by atoms with van der Waals surface area (Å²) < 4.78 is 30.0. The van der Waals surface area contributed by atoms with Crippen LogP contribution in [0.3, 0.4) is 0 Å². The molecule has 184 valence electrons. The number of ether oxygens (including phenoxy) is 2. The van der Waals surface area contributed by atoms with Crippen molar-refractivity contribution in [1.82, 2.24) is 29.4 Å². The second-order valence-corrected chi connectivity index (χ2v) is 9.56. The van der Waals surface area contributed by atoms with Gasteiger partial charge in [0.05, 0.1) is 35.1 Å². The predicted octanol–water partition coefficient (Wildman–Crippen LogP) is 5.24. The van der Waals surface area contributed by atoms with Crippen LogP contribution in [0.2, 0.25) is 0 Å². The summed E-state index contributed by atoms with van der Waals surface area (Å²) in [7, 11) is 1.50. The van der Waals surface area contributed by atoms with Gasteiger partial charge in [-0.05, 0) is 44.4 Å². The van der Waals surface area contributed by atoms with Gasteiger partial charge in [0.25, 0.3) is 0 Å². The molecule has 0 radical (unpaired) electrons. The summed E-state index contributed by atoms with van der Waals surface area (Å²) in [5, 5.41) is 20.0. The molecule has 1 fully saturated rings. The third-order valence-corrected chi connectivity index (χ3v) is 7.30. The lowest BCUT2D eigenvalue weighted by atomic mass is 10.1. The maximum Gasteiger partial charge on any atom is 0.193 e. The van der Waals surface area contributed by atoms with Gasteiger partial charge in [-0.2, -0.15) is 5.10 Å². The average Bonchev–Trinajstić information content (AvgIpc) is 3.60. The first kappa shape index (κ1) is 22.6. The fourth-order valence-electron chi connectivity index (χ4n) is 4.52. The summed E-state index contributed by atoms with van der Waals surface area (Å²) in [6.45, 7) is 2.56. The molecule has 4 aromatic heterocycles. The van der Waals surface area contributed by atoms with Gasteiger partial charge in [0.15, 0.2) is 12.1 Å². The van der Waals surface area contributed by atoms with Crippen LogP contribution in [-0.2, 0) is 4.74 Å². The zero-order valence-electron chi connectivity index (χ0n) is 19.7. The molecule has 5 heterocycles. The van der Waals surface area contributed by atoms with Crippen molar-refractivity contribution in [2.24, 2.45) is 0 Å². The zero-order valence-corrected chi connectivity index (χ0v) is 20.5. The number of nitrogens with zero attached hydrogens (tertiary/aromatic N) is 6. The standard InChI is InChI=1S/C25H23FN6O3S/c1-14-20(17-12-15(33)9-10-31(17)29-14)25-28-22(21-16(26)6-5-7-18(21)34-2)23(36-25)24-27-13-32(30-24)19-8-3-4-11-35-19/h5-7,9-10,12-13,19,33H,3-4,8,11H2,1-2H3. The van der Waals surface area contributed by atoms with E-state index in [1.54, 1.807) is 46.0 Å². The van der Waals surface area contributed by atoms with Crippen molar-refractivity contribution in [2.45, 2.75) is 32.4 Å². The average molecular weight is 507 g/mol. The second-order valence-electron chi connectivity index (χ2n) is 8.56. The molecule has 1 aliphatic rings. The fourth-order valence-corrected chi connectivity index (χ4v) is 5.63. The van der Waals surface area contributed by atoms with E-state index in [0.29, 0.717) is 39.3 Å². The van der Waals surface area contributed by atoms with Crippen molar-refractivity contribution in [3.05, 3.63) is 54.4 Å². The SMILES string of the molecule is COc1cccc(F)c1-c1nc(-c2c(C)nn3ccc(O)cc23)sc1-c1ncn(C2CCCCO2)n1. The van der Waals surface area contributed by atoms with Crippen LogP contribution in [0.5, 0.6) is 11.5 Å². The van der Waals surface area contributed by atoms with Crippen LogP contribution in [-0.4, -0.2) is 48.2 Å². The van der Waals surface area contributed by atoms with Crippen LogP contribution in [0.25, 0.3) is 38.0 Å². The van der Waals surface area contributed by atoms with Crippen LogP contribution in [0.4, 0.5) is 4.39 Å². The minimum absolute atomic E-state index is 0.115. The van der Waals surface area contributed by atoms with Crippen molar-refractivity contribution < 1.29 is 19.0 Å². The normalized spacial score (nSPS) is 16.0. The minimum atomic E-state index is -0.461. The molecule has 0 bridgehead atoms. The summed E-state index contributed by atoms with van der Waals surface area (Å²) >= 11 is 1.34. The van der Waals surface area contributed by atoms with Gasteiger partial charge in [0.1, 0.15) is 33.5 Å². The Balaban J connectivity index is 1.56. The van der Waals surface area contributed by atoms with E-state index in [4.69, 9.17) is 19.6 Å². The number of hydrogen-bond donors (Lipinski definition) is 1. The van der Waals surface area contributed by atoms with Crippen LogP contribution >= 0.6 is 11.3 Å². The fraction of sp³-hybridized carbons (Fsp3) is 0.280. The second kappa shape index (κ2) is 8.99. The summed E-state index contributed by atoms with van der Waals surface area (Å²) in [5.41, 5.74) is 2.77. The van der Waals surface area contributed by atoms with Gasteiger partial charge < -0.3 is 14.6 Å². The number of halogens is 1. The Morgan fingerprint density at radius 1 is 1.19 bits per heavy atom. The summed E-state index contributed by atoms with van der Waals surface area (Å²) in [5.74, 6) is 0.434. The van der Waals surface area contributed by atoms with E-state index in [0.717, 1.165) is 30.5 Å². The number of hydrogen-bond acceptors (Lipinski definition) is 8. The Morgan fingerprint density at radius 2 is 2.08 bits per heavy atom. The molecular formula is C25H23FN6O3S. The van der Waals surface area contributed by atoms with E-state index in [9.17, 15) is 5.11 Å². The van der Waals surface area contributed by atoms with Crippen molar-refractivity contribution in [3.63, 3.8) is 0 Å². The topological polar surface area (TPSA) is 99.6 Å². The lowest BCUT2D eigenvalue weighted by Crippen LogP contribution is -2.18. The van der Waals surface area contributed by atoms with E-state index >= 15 is 4.39 Å². The molecule has 1 aromatic carbocycles. The summed E-state index contributed by atoms with van der Waals surface area (Å²) in [6.07, 6.45) is 6.10. The molecule has 1 atom stereocenters. The van der Waals surface area contributed by atoms with Gasteiger partial charge in [0.2, 0.25) is 0 Å². The molecule has 9 nitrogen and oxygen atoms in total. The van der Waals surface area contributed by atoms with Crippen LogP contribution in [0.1, 0.15) is 31.2 Å². The lowest BCUT2D eigenvalue weighted by Gasteiger charge is -2.21. The van der Waals surface area contributed by atoms with Gasteiger partial charge in [-0.3, -0.25) is 0 Å². The zero-order chi connectivity index (χ0) is 24.8. The molecule has 36 heavy (non-hydrogen) atoms. The number of aromatic nitrogens is 6. The molecule has 11 heteroatoms. The summed E-state index contributed by atoms with van der Waals surface area (Å²) in [4.78, 5) is 10.0. The van der Waals surface area contributed by atoms with Crippen LogP contribution < -0.4 is 4.74 Å². The van der Waals surface area contributed by atoms with E-state index in [1.165, 1.54) is 24.5 Å². The number of rotatable bonds is 5. The Kier molecular flexibility index (Phi) is 5.65. The van der Waals surface area contributed by atoms with E-state index in [-0.39, 0.29) is 17.5 Å². The van der Waals surface area contributed by atoms with Crippen molar-refractivity contribution in [2.75, 3.05) is 13.7 Å². The summed E-state index contributed by atoms with van der Waals surface area (Å²) in [6, 6.07) is 7.86. The number of methoxy groups -OCH3 is 1. The molecule has 0 saturated carbocycles. The Hall–Kier alpha value is -3.83. The highest BCUT2D eigenvalue weighted by molar-refractivity contribution is 7.19. The smallest absolute Gasteiger partial charge is 0.193 e. The molecular weight excluding hydrogens is 483 g/mol.